The van der Waals surface area contributed by atoms with E-state index in [1.165, 1.54) is 0 Å². The van der Waals surface area contributed by atoms with Crippen molar-refractivity contribution in [2.75, 3.05) is 6.61 Å². The highest BCUT2D eigenvalue weighted by atomic mass is 19.1. The molecule has 0 aromatic carbocycles. The van der Waals surface area contributed by atoms with Crippen LogP contribution in [0, 0.1) is 17.6 Å². The third-order valence-corrected chi connectivity index (χ3v) is 3.14. The second-order valence-corrected chi connectivity index (χ2v) is 4.44. The first-order valence-electron chi connectivity index (χ1n) is 6.29. The average Bonchev–Trinajstić information content (AvgIpc) is 2.39. The van der Waals surface area contributed by atoms with Crippen LogP contribution in [-0.4, -0.2) is 17.6 Å². The molecule has 1 aromatic heterocycles. The highest BCUT2D eigenvalue weighted by Gasteiger charge is 2.24. The summed E-state index contributed by atoms with van der Waals surface area (Å²) in [5.41, 5.74) is 0.891. The Balaban J connectivity index is 2.10. The number of pyridine rings is 1. The molecule has 0 saturated heterocycles. The second kappa shape index (κ2) is 5.91. The number of ether oxygens (including phenoxy) is 1. The van der Waals surface area contributed by atoms with Crippen LogP contribution in [0.4, 0.5) is 8.78 Å². The molecule has 2 rings (SSSR count). The van der Waals surface area contributed by atoms with Crippen LogP contribution in [0.15, 0.2) is 18.3 Å². The molecule has 0 N–H and O–H groups in total. The minimum Gasteiger partial charge on any atom is -0.466 e. The van der Waals surface area contributed by atoms with Gasteiger partial charge in [0.2, 0.25) is 0 Å². The van der Waals surface area contributed by atoms with E-state index >= 15 is 0 Å². The molecule has 0 bridgehead atoms. The standard InChI is InChI=1S/C14H15F2NO2/c1-2-19-14(18)10-5-3-9(4-6-10)13-12(16)7-11(15)8-17-13/h3,7-8,10H,2,4-6H2,1H3/t10-/m1/s1. The van der Waals surface area contributed by atoms with Gasteiger partial charge in [0, 0.05) is 6.07 Å². The Morgan fingerprint density at radius 2 is 2.32 bits per heavy atom. The summed E-state index contributed by atoms with van der Waals surface area (Å²) in [5.74, 6) is -1.75. The average molecular weight is 267 g/mol. The molecule has 0 unspecified atom stereocenters. The van der Waals surface area contributed by atoms with Gasteiger partial charge in [-0.25, -0.2) is 8.78 Å². The number of nitrogens with zero attached hydrogens (tertiary/aromatic N) is 1. The Kier molecular flexibility index (Phi) is 4.24. The summed E-state index contributed by atoms with van der Waals surface area (Å²) in [4.78, 5) is 15.3. The lowest BCUT2D eigenvalue weighted by Crippen LogP contribution is -2.19. The third kappa shape index (κ3) is 3.16. The fourth-order valence-electron chi connectivity index (χ4n) is 2.17. The van der Waals surface area contributed by atoms with E-state index in [2.05, 4.69) is 4.98 Å². The predicted molar refractivity (Wildman–Crippen MR) is 66.1 cm³/mol. The number of carbonyl (C=O) groups excluding carboxylic acids is 1. The molecule has 0 radical (unpaired) electrons. The molecule has 5 heteroatoms. The van der Waals surface area contributed by atoms with Crippen LogP contribution >= 0.6 is 0 Å². The van der Waals surface area contributed by atoms with Crippen molar-refractivity contribution in [2.24, 2.45) is 5.92 Å². The molecular weight excluding hydrogens is 252 g/mol. The lowest BCUT2D eigenvalue weighted by molar-refractivity contribution is -0.148. The topological polar surface area (TPSA) is 39.2 Å². The summed E-state index contributed by atoms with van der Waals surface area (Å²) in [7, 11) is 0. The zero-order valence-corrected chi connectivity index (χ0v) is 10.7. The number of hydrogen-bond acceptors (Lipinski definition) is 3. The first-order valence-corrected chi connectivity index (χ1v) is 6.29. The van der Waals surface area contributed by atoms with E-state index in [1.54, 1.807) is 13.0 Å². The molecule has 3 nitrogen and oxygen atoms in total. The summed E-state index contributed by atoms with van der Waals surface area (Å²) in [5, 5.41) is 0. The molecular formula is C14H15F2NO2. The number of halogens is 2. The van der Waals surface area contributed by atoms with E-state index in [1.807, 2.05) is 0 Å². The van der Waals surface area contributed by atoms with Crippen molar-refractivity contribution < 1.29 is 18.3 Å². The van der Waals surface area contributed by atoms with Gasteiger partial charge in [0.1, 0.15) is 11.5 Å². The fraction of sp³-hybridized carbons (Fsp3) is 0.429. The van der Waals surface area contributed by atoms with Crippen LogP contribution in [0.1, 0.15) is 31.9 Å². The summed E-state index contributed by atoms with van der Waals surface area (Å²) >= 11 is 0. The number of esters is 1. The summed E-state index contributed by atoms with van der Waals surface area (Å²) in [6, 6.07) is 0.820. The van der Waals surface area contributed by atoms with Crippen LogP contribution in [0.25, 0.3) is 5.57 Å². The predicted octanol–water partition coefficient (Wildman–Crippen LogP) is 3.11. The summed E-state index contributed by atoms with van der Waals surface area (Å²) in [6.45, 7) is 2.12. The smallest absolute Gasteiger partial charge is 0.309 e. The van der Waals surface area contributed by atoms with Gasteiger partial charge in [0.15, 0.2) is 5.82 Å². The van der Waals surface area contributed by atoms with Gasteiger partial charge in [-0.2, -0.15) is 0 Å². The van der Waals surface area contributed by atoms with E-state index in [0.29, 0.717) is 25.9 Å². The minimum absolute atomic E-state index is 0.170. The van der Waals surface area contributed by atoms with Crippen molar-refractivity contribution in [1.82, 2.24) is 4.98 Å². The lowest BCUT2D eigenvalue weighted by atomic mass is 9.88. The molecule has 1 aliphatic carbocycles. The Hall–Kier alpha value is -1.78. The van der Waals surface area contributed by atoms with Crippen molar-refractivity contribution in [1.29, 1.82) is 0 Å². The number of carbonyl (C=O) groups is 1. The first kappa shape index (κ1) is 13.6. The van der Waals surface area contributed by atoms with Gasteiger partial charge in [-0.3, -0.25) is 9.78 Å². The maximum Gasteiger partial charge on any atom is 0.309 e. The molecule has 19 heavy (non-hydrogen) atoms. The molecule has 0 amide bonds. The maximum atomic E-state index is 13.6. The van der Waals surface area contributed by atoms with Crippen LogP contribution in [-0.2, 0) is 9.53 Å². The van der Waals surface area contributed by atoms with Crippen LogP contribution in [0.3, 0.4) is 0 Å². The van der Waals surface area contributed by atoms with Crippen molar-refractivity contribution in [2.45, 2.75) is 26.2 Å². The molecule has 1 aliphatic rings. The van der Waals surface area contributed by atoms with Crippen molar-refractivity contribution >= 4 is 11.5 Å². The molecule has 102 valence electrons. The van der Waals surface area contributed by atoms with Crippen molar-refractivity contribution in [3.05, 3.63) is 35.7 Å². The number of hydrogen-bond donors (Lipinski definition) is 0. The fourth-order valence-corrected chi connectivity index (χ4v) is 2.17. The largest absolute Gasteiger partial charge is 0.466 e. The van der Waals surface area contributed by atoms with E-state index in [4.69, 9.17) is 4.74 Å². The Morgan fingerprint density at radius 3 is 2.89 bits per heavy atom. The van der Waals surface area contributed by atoms with Crippen molar-refractivity contribution in [3.8, 4) is 0 Å². The third-order valence-electron chi connectivity index (χ3n) is 3.14. The van der Waals surface area contributed by atoms with Gasteiger partial charge in [0.25, 0.3) is 0 Å². The number of rotatable bonds is 3. The summed E-state index contributed by atoms with van der Waals surface area (Å²) in [6.07, 6.45) is 4.43. The summed E-state index contributed by atoms with van der Waals surface area (Å²) < 4.78 is 31.3. The van der Waals surface area contributed by atoms with Gasteiger partial charge < -0.3 is 4.74 Å². The van der Waals surface area contributed by atoms with Crippen molar-refractivity contribution in [3.63, 3.8) is 0 Å². The number of aromatic nitrogens is 1. The Labute approximate surface area is 110 Å². The zero-order valence-electron chi connectivity index (χ0n) is 10.7. The lowest BCUT2D eigenvalue weighted by Gasteiger charge is -2.20. The molecule has 1 heterocycles. The van der Waals surface area contributed by atoms with Gasteiger partial charge in [-0.15, -0.1) is 0 Å². The highest BCUT2D eigenvalue weighted by molar-refractivity contribution is 5.75. The van der Waals surface area contributed by atoms with E-state index < -0.39 is 11.6 Å². The highest BCUT2D eigenvalue weighted by Crippen LogP contribution is 2.31. The van der Waals surface area contributed by atoms with Crippen LogP contribution in [0.2, 0.25) is 0 Å². The van der Waals surface area contributed by atoms with E-state index in [-0.39, 0.29) is 17.6 Å². The molecule has 0 saturated carbocycles. The number of allylic oxidation sites excluding steroid dienone is 2. The zero-order chi connectivity index (χ0) is 13.8. The monoisotopic (exact) mass is 267 g/mol. The SMILES string of the molecule is CCOC(=O)[C@@H]1CC=C(c2ncc(F)cc2F)CC1. The van der Waals surface area contributed by atoms with Gasteiger partial charge in [0.05, 0.1) is 18.7 Å². The maximum absolute atomic E-state index is 13.6. The Morgan fingerprint density at radius 1 is 1.53 bits per heavy atom. The normalized spacial score (nSPS) is 18.9. The van der Waals surface area contributed by atoms with Gasteiger partial charge in [-0.1, -0.05) is 6.08 Å². The second-order valence-electron chi connectivity index (χ2n) is 4.44. The van der Waals surface area contributed by atoms with E-state index in [9.17, 15) is 13.6 Å². The molecule has 1 atom stereocenters. The minimum atomic E-state index is -0.693. The first-order chi connectivity index (χ1) is 9.11. The molecule has 1 aromatic rings. The van der Waals surface area contributed by atoms with Gasteiger partial charge in [-0.05, 0) is 31.8 Å². The van der Waals surface area contributed by atoms with Gasteiger partial charge >= 0.3 is 5.97 Å². The van der Waals surface area contributed by atoms with Crippen LogP contribution in [0.5, 0.6) is 0 Å². The molecule has 0 aliphatic heterocycles. The molecule has 0 spiro atoms. The van der Waals surface area contributed by atoms with Crippen LogP contribution < -0.4 is 0 Å². The van der Waals surface area contributed by atoms with E-state index in [0.717, 1.165) is 17.8 Å². The Bertz CT molecular complexity index is 514. The quantitative estimate of drug-likeness (QED) is 0.790. The molecule has 0 fully saturated rings.